The lowest BCUT2D eigenvalue weighted by Gasteiger charge is -2.26. The Hall–Kier alpha value is -2.54. The lowest BCUT2D eigenvalue weighted by atomic mass is 9.95. The summed E-state index contributed by atoms with van der Waals surface area (Å²) >= 11 is 12.5. The van der Waals surface area contributed by atoms with Gasteiger partial charge in [0.15, 0.2) is 0 Å². The number of carbonyl (C=O) groups is 2. The Morgan fingerprint density at radius 2 is 1.79 bits per heavy atom. The smallest absolute Gasteiger partial charge is 0.295 e. The van der Waals surface area contributed by atoms with E-state index in [4.69, 9.17) is 32.7 Å². The SMILES string of the molecule is CCCCOc1ccc(/C(O)=C2\C(=O)C(=O)N(CCCOC)C2c2ccc(Cl)cc2Cl)cc1. The molecule has 1 saturated heterocycles. The number of ether oxygens (including phenoxy) is 2. The number of hydrogen-bond donors (Lipinski definition) is 1. The minimum absolute atomic E-state index is 0.0127. The van der Waals surface area contributed by atoms with Crippen molar-refractivity contribution in [3.8, 4) is 5.75 Å². The maximum absolute atomic E-state index is 13.0. The average Bonchev–Trinajstić information content (AvgIpc) is 3.04. The molecule has 0 spiro atoms. The van der Waals surface area contributed by atoms with Crippen LogP contribution in [0, 0.1) is 0 Å². The monoisotopic (exact) mass is 491 g/mol. The van der Waals surface area contributed by atoms with Crippen LogP contribution in [0.5, 0.6) is 5.75 Å². The van der Waals surface area contributed by atoms with Gasteiger partial charge in [0.25, 0.3) is 11.7 Å². The molecule has 1 atom stereocenters. The summed E-state index contributed by atoms with van der Waals surface area (Å²) < 4.78 is 10.8. The van der Waals surface area contributed by atoms with Crippen LogP contribution in [0.3, 0.4) is 0 Å². The number of aliphatic hydroxyl groups is 1. The summed E-state index contributed by atoms with van der Waals surface area (Å²) in [6.07, 6.45) is 2.49. The molecule has 33 heavy (non-hydrogen) atoms. The van der Waals surface area contributed by atoms with Crippen molar-refractivity contribution in [2.45, 2.75) is 32.2 Å². The lowest BCUT2D eigenvalue weighted by molar-refractivity contribution is -0.140. The van der Waals surface area contributed by atoms with E-state index in [9.17, 15) is 14.7 Å². The molecular formula is C25H27Cl2NO5. The van der Waals surface area contributed by atoms with E-state index in [1.165, 1.54) is 4.90 Å². The molecule has 2 aromatic rings. The molecule has 1 heterocycles. The summed E-state index contributed by atoms with van der Waals surface area (Å²) in [6.45, 7) is 3.37. The Labute approximate surface area is 203 Å². The number of unbranched alkanes of at least 4 members (excludes halogenated alkanes) is 1. The second-order valence-electron chi connectivity index (χ2n) is 7.73. The van der Waals surface area contributed by atoms with Crippen molar-refractivity contribution >= 4 is 40.7 Å². The van der Waals surface area contributed by atoms with E-state index in [-0.39, 0.29) is 17.9 Å². The molecular weight excluding hydrogens is 465 g/mol. The van der Waals surface area contributed by atoms with Crippen LogP contribution in [-0.4, -0.2) is 48.6 Å². The van der Waals surface area contributed by atoms with Crippen LogP contribution in [0.15, 0.2) is 48.0 Å². The predicted molar refractivity (Wildman–Crippen MR) is 129 cm³/mol. The highest BCUT2D eigenvalue weighted by Crippen LogP contribution is 2.42. The first-order valence-electron chi connectivity index (χ1n) is 10.8. The highest BCUT2D eigenvalue weighted by molar-refractivity contribution is 6.47. The zero-order chi connectivity index (χ0) is 24.0. The number of ketones is 1. The third-order valence-electron chi connectivity index (χ3n) is 5.44. The molecule has 1 aliphatic heterocycles. The number of rotatable bonds is 10. The summed E-state index contributed by atoms with van der Waals surface area (Å²) in [5, 5.41) is 11.9. The van der Waals surface area contributed by atoms with Gasteiger partial charge in [-0.1, -0.05) is 42.6 Å². The molecule has 0 aromatic heterocycles. The fourth-order valence-electron chi connectivity index (χ4n) is 3.74. The molecule has 8 heteroatoms. The number of carbonyl (C=O) groups excluding carboxylic acids is 2. The number of hydrogen-bond acceptors (Lipinski definition) is 5. The van der Waals surface area contributed by atoms with Gasteiger partial charge in [-0.3, -0.25) is 9.59 Å². The van der Waals surface area contributed by atoms with Crippen molar-refractivity contribution in [2.24, 2.45) is 0 Å². The van der Waals surface area contributed by atoms with Crippen LogP contribution in [0.25, 0.3) is 5.76 Å². The Kier molecular flexibility index (Phi) is 8.78. The van der Waals surface area contributed by atoms with E-state index in [2.05, 4.69) is 6.92 Å². The van der Waals surface area contributed by atoms with Crippen LogP contribution < -0.4 is 4.74 Å². The number of nitrogens with zero attached hydrogens (tertiary/aromatic N) is 1. The normalized spacial score (nSPS) is 17.6. The lowest BCUT2D eigenvalue weighted by Crippen LogP contribution is -2.31. The van der Waals surface area contributed by atoms with E-state index in [0.717, 1.165) is 12.8 Å². The first-order valence-corrected chi connectivity index (χ1v) is 11.6. The number of Topliss-reactive ketones (excluding diaryl/α,β-unsaturated/α-hetero) is 1. The molecule has 0 aliphatic carbocycles. The highest BCUT2D eigenvalue weighted by Gasteiger charge is 2.46. The van der Waals surface area contributed by atoms with Gasteiger partial charge in [0.1, 0.15) is 11.5 Å². The van der Waals surface area contributed by atoms with Gasteiger partial charge in [-0.15, -0.1) is 0 Å². The van der Waals surface area contributed by atoms with E-state index >= 15 is 0 Å². The Morgan fingerprint density at radius 3 is 2.42 bits per heavy atom. The van der Waals surface area contributed by atoms with Crippen LogP contribution in [-0.2, 0) is 14.3 Å². The third-order valence-corrected chi connectivity index (χ3v) is 6.00. The zero-order valence-corrected chi connectivity index (χ0v) is 20.2. The Bertz CT molecular complexity index is 1040. The van der Waals surface area contributed by atoms with Crippen LogP contribution in [0.1, 0.15) is 43.4 Å². The molecule has 1 aliphatic rings. The topological polar surface area (TPSA) is 76.1 Å². The molecule has 1 fully saturated rings. The summed E-state index contributed by atoms with van der Waals surface area (Å²) in [5.74, 6) is -1.05. The second-order valence-corrected chi connectivity index (χ2v) is 8.57. The predicted octanol–water partition coefficient (Wildman–Crippen LogP) is 5.63. The van der Waals surface area contributed by atoms with Gasteiger partial charge >= 0.3 is 0 Å². The van der Waals surface area contributed by atoms with Crippen LogP contribution >= 0.6 is 23.2 Å². The van der Waals surface area contributed by atoms with Gasteiger partial charge in [-0.25, -0.2) is 0 Å². The first-order chi connectivity index (χ1) is 15.9. The molecule has 0 saturated carbocycles. The standard InChI is InChI=1S/C25H27Cl2NO5/c1-3-4-14-33-18-9-6-16(7-10-18)23(29)21-22(19-11-8-17(26)15-20(19)27)28(12-5-13-32-2)25(31)24(21)30/h6-11,15,22,29H,3-5,12-14H2,1-2H3/b23-21+. The van der Waals surface area contributed by atoms with Gasteiger partial charge < -0.3 is 19.5 Å². The van der Waals surface area contributed by atoms with Crippen molar-refractivity contribution in [1.29, 1.82) is 0 Å². The van der Waals surface area contributed by atoms with E-state index < -0.39 is 17.7 Å². The van der Waals surface area contributed by atoms with Crippen molar-refractivity contribution in [1.82, 2.24) is 4.90 Å². The van der Waals surface area contributed by atoms with Gasteiger partial charge in [0.2, 0.25) is 0 Å². The molecule has 6 nitrogen and oxygen atoms in total. The van der Waals surface area contributed by atoms with Crippen molar-refractivity contribution in [3.63, 3.8) is 0 Å². The van der Waals surface area contributed by atoms with E-state index in [1.807, 2.05) is 0 Å². The molecule has 1 amide bonds. The summed E-state index contributed by atoms with van der Waals surface area (Å²) in [5.41, 5.74) is 0.905. The summed E-state index contributed by atoms with van der Waals surface area (Å²) in [4.78, 5) is 27.4. The fraction of sp³-hybridized carbons (Fsp3) is 0.360. The minimum atomic E-state index is -0.841. The Morgan fingerprint density at radius 1 is 1.06 bits per heavy atom. The minimum Gasteiger partial charge on any atom is -0.507 e. The maximum atomic E-state index is 13.0. The Balaban J connectivity index is 2.03. The molecule has 2 aromatic carbocycles. The summed E-state index contributed by atoms with van der Waals surface area (Å²) in [7, 11) is 1.57. The molecule has 0 radical (unpaired) electrons. The zero-order valence-electron chi connectivity index (χ0n) is 18.6. The van der Waals surface area contributed by atoms with E-state index in [1.54, 1.807) is 49.6 Å². The fourth-order valence-corrected chi connectivity index (χ4v) is 4.25. The van der Waals surface area contributed by atoms with Gasteiger partial charge in [0, 0.05) is 35.9 Å². The second kappa shape index (κ2) is 11.5. The van der Waals surface area contributed by atoms with Gasteiger partial charge in [-0.2, -0.15) is 0 Å². The highest BCUT2D eigenvalue weighted by atomic mass is 35.5. The average molecular weight is 492 g/mol. The van der Waals surface area contributed by atoms with Crippen molar-refractivity contribution in [2.75, 3.05) is 26.9 Å². The van der Waals surface area contributed by atoms with Gasteiger partial charge in [-0.05, 0) is 54.8 Å². The quantitative estimate of drug-likeness (QED) is 0.201. The van der Waals surface area contributed by atoms with Crippen LogP contribution in [0.4, 0.5) is 0 Å². The number of amides is 1. The maximum Gasteiger partial charge on any atom is 0.295 e. The molecule has 0 bridgehead atoms. The number of halogens is 2. The van der Waals surface area contributed by atoms with Crippen molar-refractivity contribution in [3.05, 3.63) is 69.2 Å². The number of methoxy groups -OCH3 is 1. The number of aliphatic hydroxyl groups excluding tert-OH is 1. The van der Waals surface area contributed by atoms with Gasteiger partial charge in [0.05, 0.1) is 18.2 Å². The first kappa shape index (κ1) is 25.1. The molecule has 1 unspecified atom stereocenters. The summed E-state index contributed by atoms with van der Waals surface area (Å²) in [6, 6.07) is 10.8. The van der Waals surface area contributed by atoms with E-state index in [0.29, 0.717) is 46.6 Å². The number of benzene rings is 2. The van der Waals surface area contributed by atoms with Crippen LogP contribution in [0.2, 0.25) is 10.0 Å². The van der Waals surface area contributed by atoms with Crippen molar-refractivity contribution < 1.29 is 24.2 Å². The third kappa shape index (κ3) is 5.69. The molecule has 176 valence electrons. The molecule has 1 N–H and O–H groups in total. The largest absolute Gasteiger partial charge is 0.507 e. The number of likely N-dealkylation sites (tertiary alicyclic amines) is 1. The molecule has 3 rings (SSSR count).